The van der Waals surface area contributed by atoms with Gasteiger partial charge >= 0.3 is 0 Å². The summed E-state index contributed by atoms with van der Waals surface area (Å²) >= 11 is 0. The minimum absolute atomic E-state index is 0.176. The largest absolute Gasteiger partial charge is 0.329 e. The van der Waals surface area contributed by atoms with E-state index in [-0.39, 0.29) is 12.3 Å². The number of nitrogens with two attached hydrogens (primary N) is 1. The van der Waals surface area contributed by atoms with Crippen LogP contribution in [-0.4, -0.2) is 26.0 Å². The third-order valence-electron chi connectivity index (χ3n) is 2.46. The lowest BCUT2D eigenvalue weighted by atomic mass is 10.2. The van der Waals surface area contributed by atoms with Crippen LogP contribution in [0.25, 0.3) is 0 Å². The second-order valence-electron chi connectivity index (χ2n) is 3.65. The van der Waals surface area contributed by atoms with Crippen LogP contribution in [0.5, 0.6) is 0 Å². The summed E-state index contributed by atoms with van der Waals surface area (Å²) in [6.45, 7) is 1.84. The predicted molar refractivity (Wildman–Crippen MR) is 62.4 cm³/mol. The van der Waals surface area contributed by atoms with Crippen molar-refractivity contribution in [2.45, 2.75) is 18.6 Å². The van der Waals surface area contributed by atoms with Crippen LogP contribution in [0, 0.1) is 0 Å². The molecule has 3 nitrogen and oxygen atoms in total. The second kappa shape index (κ2) is 5.28. The lowest BCUT2D eigenvalue weighted by molar-refractivity contribution is 0.583. The first-order chi connectivity index (χ1) is 7.06. The normalized spacial score (nSPS) is 13.7. The van der Waals surface area contributed by atoms with Gasteiger partial charge in [0.15, 0.2) is 9.84 Å². The van der Waals surface area contributed by atoms with Gasteiger partial charge in [0, 0.05) is 6.54 Å². The summed E-state index contributed by atoms with van der Waals surface area (Å²) in [5, 5.41) is -0.443. The van der Waals surface area contributed by atoms with Crippen molar-refractivity contribution in [1.29, 1.82) is 0 Å². The number of benzene rings is 1. The van der Waals surface area contributed by atoms with Gasteiger partial charge in [0.2, 0.25) is 0 Å². The molecule has 0 aromatic heterocycles. The van der Waals surface area contributed by atoms with Gasteiger partial charge in [0.25, 0.3) is 0 Å². The third-order valence-corrected chi connectivity index (χ3v) is 4.65. The molecule has 1 aromatic carbocycles. The maximum absolute atomic E-state index is 11.7. The Hall–Kier alpha value is -0.870. The van der Waals surface area contributed by atoms with Crippen molar-refractivity contribution < 1.29 is 8.42 Å². The molecule has 0 heterocycles. The smallest absolute Gasteiger partial charge is 0.154 e. The van der Waals surface area contributed by atoms with Crippen molar-refractivity contribution in [2.24, 2.45) is 5.73 Å². The van der Waals surface area contributed by atoms with Crippen LogP contribution in [0.4, 0.5) is 0 Å². The zero-order valence-corrected chi connectivity index (χ0v) is 9.70. The average molecular weight is 227 g/mol. The van der Waals surface area contributed by atoms with Crippen LogP contribution in [0.15, 0.2) is 30.3 Å². The van der Waals surface area contributed by atoms with Gasteiger partial charge in [-0.05, 0) is 18.9 Å². The van der Waals surface area contributed by atoms with Crippen molar-refractivity contribution in [3.63, 3.8) is 0 Å². The molecule has 1 atom stereocenters. The number of sulfone groups is 1. The maximum Gasteiger partial charge on any atom is 0.154 e. The fourth-order valence-corrected chi connectivity index (χ4v) is 2.47. The number of hydrogen-bond acceptors (Lipinski definition) is 3. The van der Waals surface area contributed by atoms with Crippen LogP contribution in [0.1, 0.15) is 12.5 Å². The summed E-state index contributed by atoms with van der Waals surface area (Å²) in [4.78, 5) is 0. The van der Waals surface area contributed by atoms with E-state index in [1.165, 1.54) is 0 Å². The van der Waals surface area contributed by atoms with Crippen molar-refractivity contribution >= 4 is 9.84 Å². The lowest BCUT2D eigenvalue weighted by Crippen LogP contribution is -2.29. The minimum atomic E-state index is -3.03. The van der Waals surface area contributed by atoms with E-state index >= 15 is 0 Å². The highest BCUT2D eigenvalue weighted by Gasteiger charge is 2.18. The molecular formula is C11H17NO2S. The van der Waals surface area contributed by atoms with Gasteiger partial charge < -0.3 is 5.73 Å². The Labute approximate surface area is 91.2 Å². The Bertz CT molecular complexity index is 386. The fraction of sp³-hybridized carbons (Fsp3) is 0.455. The second-order valence-corrected chi connectivity index (χ2v) is 6.19. The van der Waals surface area contributed by atoms with Crippen molar-refractivity contribution in [2.75, 3.05) is 12.3 Å². The van der Waals surface area contributed by atoms with Crippen LogP contribution in [0.3, 0.4) is 0 Å². The summed E-state index contributed by atoms with van der Waals surface area (Å²) in [7, 11) is -3.03. The van der Waals surface area contributed by atoms with E-state index in [9.17, 15) is 8.42 Å². The number of aryl methyl sites for hydroxylation is 1. The van der Waals surface area contributed by atoms with E-state index in [2.05, 4.69) is 0 Å². The monoisotopic (exact) mass is 227 g/mol. The highest BCUT2D eigenvalue weighted by molar-refractivity contribution is 7.92. The molecule has 15 heavy (non-hydrogen) atoms. The first-order valence-electron chi connectivity index (χ1n) is 5.02. The molecule has 0 saturated heterocycles. The number of hydrogen-bond donors (Lipinski definition) is 1. The molecule has 4 heteroatoms. The first kappa shape index (κ1) is 12.2. The predicted octanol–water partition coefficient (Wildman–Crippen LogP) is 0.991. The van der Waals surface area contributed by atoms with E-state index in [1.807, 2.05) is 30.3 Å². The fourth-order valence-electron chi connectivity index (χ4n) is 1.25. The van der Waals surface area contributed by atoms with Gasteiger partial charge in [-0.3, -0.25) is 0 Å². The molecule has 1 unspecified atom stereocenters. The first-order valence-corrected chi connectivity index (χ1v) is 6.73. The van der Waals surface area contributed by atoms with Crippen molar-refractivity contribution in [1.82, 2.24) is 0 Å². The molecule has 1 aromatic rings. The molecule has 0 amide bonds. The van der Waals surface area contributed by atoms with E-state index < -0.39 is 15.1 Å². The van der Waals surface area contributed by atoms with Gasteiger partial charge in [-0.15, -0.1) is 0 Å². The molecule has 0 aliphatic rings. The van der Waals surface area contributed by atoms with Crippen molar-refractivity contribution in [3.8, 4) is 0 Å². The lowest BCUT2D eigenvalue weighted by Gasteiger charge is -2.09. The van der Waals surface area contributed by atoms with Crippen molar-refractivity contribution in [3.05, 3.63) is 35.9 Å². The van der Waals surface area contributed by atoms with Gasteiger partial charge in [0.1, 0.15) is 0 Å². The Balaban J connectivity index is 2.58. The molecule has 2 N–H and O–H groups in total. The zero-order chi connectivity index (χ0) is 11.3. The van der Waals surface area contributed by atoms with Crippen LogP contribution in [-0.2, 0) is 16.3 Å². The molecule has 0 saturated carbocycles. The Morgan fingerprint density at radius 1 is 1.27 bits per heavy atom. The van der Waals surface area contributed by atoms with E-state index in [0.29, 0.717) is 6.42 Å². The quantitative estimate of drug-likeness (QED) is 0.816. The van der Waals surface area contributed by atoms with E-state index in [1.54, 1.807) is 6.92 Å². The summed E-state index contributed by atoms with van der Waals surface area (Å²) in [5.74, 6) is 0.176. The summed E-state index contributed by atoms with van der Waals surface area (Å²) in [6.07, 6.45) is 0.563. The topological polar surface area (TPSA) is 60.2 Å². The average Bonchev–Trinajstić information content (AvgIpc) is 2.27. The highest BCUT2D eigenvalue weighted by Crippen LogP contribution is 2.06. The maximum atomic E-state index is 11.7. The van der Waals surface area contributed by atoms with Gasteiger partial charge in [-0.2, -0.15) is 0 Å². The molecule has 0 aliphatic heterocycles. The van der Waals surface area contributed by atoms with E-state index in [0.717, 1.165) is 5.56 Å². The Kier molecular flexibility index (Phi) is 4.29. The molecule has 0 spiro atoms. The van der Waals surface area contributed by atoms with Crippen LogP contribution in [0.2, 0.25) is 0 Å². The summed E-state index contributed by atoms with van der Waals surface area (Å²) in [6, 6.07) is 9.61. The molecule has 0 aliphatic carbocycles. The SMILES string of the molecule is CC(CN)S(=O)(=O)CCc1ccccc1. The van der Waals surface area contributed by atoms with E-state index in [4.69, 9.17) is 5.73 Å². The molecule has 84 valence electrons. The summed E-state index contributed by atoms with van der Waals surface area (Å²) in [5.41, 5.74) is 6.39. The third kappa shape index (κ3) is 3.64. The molecule has 1 rings (SSSR count). The zero-order valence-electron chi connectivity index (χ0n) is 8.89. The van der Waals surface area contributed by atoms with Gasteiger partial charge in [-0.25, -0.2) is 8.42 Å². The summed E-state index contributed by atoms with van der Waals surface area (Å²) < 4.78 is 23.3. The Morgan fingerprint density at radius 2 is 1.87 bits per heavy atom. The minimum Gasteiger partial charge on any atom is -0.329 e. The highest BCUT2D eigenvalue weighted by atomic mass is 32.2. The molecule has 0 radical (unpaired) electrons. The standard InChI is InChI=1S/C11H17NO2S/c1-10(9-12)15(13,14)8-7-11-5-3-2-4-6-11/h2-6,10H,7-9,12H2,1H3. The van der Waals surface area contributed by atoms with Crippen LogP contribution < -0.4 is 5.73 Å². The van der Waals surface area contributed by atoms with Gasteiger partial charge in [-0.1, -0.05) is 30.3 Å². The van der Waals surface area contributed by atoms with Gasteiger partial charge in [0.05, 0.1) is 11.0 Å². The Morgan fingerprint density at radius 3 is 2.40 bits per heavy atom. The molecular weight excluding hydrogens is 210 g/mol. The molecule has 0 bridgehead atoms. The van der Waals surface area contributed by atoms with Crippen LogP contribution >= 0.6 is 0 Å². The molecule has 0 fully saturated rings. The number of rotatable bonds is 5.